The van der Waals surface area contributed by atoms with Gasteiger partial charge in [0.2, 0.25) is 0 Å². The molecule has 4 nitrogen and oxygen atoms in total. The highest BCUT2D eigenvalue weighted by Crippen LogP contribution is 2.20. The Kier molecular flexibility index (Phi) is 5.02. The lowest BCUT2D eigenvalue weighted by Gasteiger charge is -2.38. The van der Waals surface area contributed by atoms with E-state index in [0.29, 0.717) is 0 Å². The standard InChI is InChI=1S/C19H28N2O2/c1-19(2)15-20(11-12-23-19)14-16-7-6-8-17(13-16)18(22)21-9-4-3-5-10-21/h6-8,13H,3-5,9-12,14-15H2,1-2H3. The molecule has 2 saturated heterocycles. The number of hydrogen-bond acceptors (Lipinski definition) is 3. The van der Waals surface area contributed by atoms with Crippen LogP contribution < -0.4 is 0 Å². The van der Waals surface area contributed by atoms with E-state index < -0.39 is 0 Å². The van der Waals surface area contributed by atoms with Crippen LogP contribution in [0.25, 0.3) is 0 Å². The summed E-state index contributed by atoms with van der Waals surface area (Å²) in [4.78, 5) is 17.1. The third-order valence-electron chi connectivity index (χ3n) is 4.73. The lowest BCUT2D eigenvalue weighted by atomic mass is 10.0. The summed E-state index contributed by atoms with van der Waals surface area (Å²) in [6.45, 7) is 9.62. The number of benzene rings is 1. The van der Waals surface area contributed by atoms with Crippen LogP contribution in [0.15, 0.2) is 24.3 Å². The lowest BCUT2D eigenvalue weighted by Crippen LogP contribution is -2.47. The van der Waals surface area contributed by atoms with Crippen molar-refractivity contribution in [3.63, 3.8) is 0 Å². The third kappa shape index (κ3) is 4.33. The van der Waals surface area contributed by atoms with Crippen molar-refractivity contribution in [2.45, 2.75) is 45.3 Å². The number of likely N-dealkylation sites (tertiary alicyclic amines) is 1. The second-order valence-electron chi connectivity index (χ2n) is 7.37. The Balaban J connectivity index is 1.66. The fourth-order valence-electron chi connectivity index (χ4n) is 3.59. The van der Waals surface area contributed by atoms with Crippen LogP contribution >= 0.6 is 0 Å². The summed E-state index contributed by atoms with van der Waals surface area (Å²) in [7, 11) is 0. The van der Waals surface area contributed by atoms with E-state index in [1.54, 1.807) is 0 Å². The van der Waals surface area contributed by atoms with E-state index in [2.05, 4.69) is 30.9 Å². The van der Waals surface area contributed by atoms with Gasteiger partial charge in [-0.3, -0.25) is 9.69 Å². The number of carbonyl (C=O) groups is 1. The molecule has 0 N–H and O–H groups in total. The fourth-order valence-corrected chi connectivity index (χ4v) is 3.59. The first-order valence-corrected chi connectivity index (χ1v) is 8.78. The van der Waals surface area contributed by atoms with Crippen molar-refractivity contribution in [3.8, 4) is 0 Å². The van der Waals surface area contributed by atoms with E-state index >= 15 is 0 Å². The average molecular weight is 316 g/mol. The Labute approximate surface area is 139 Å². The monoisotopic (exact) mass is 316 g/mol. The van der Waals surface area contributed by atoms with E-state index in [-0.39, 0.29) is 11.5 Å². The molecule has 0 bridgehead atoms. The topological polar surface area (TPSA) is 32.8 Å². The average Bonchev–Trinajstić information content (AvgIpc) is 2.54. The molecule has 2 aliphatic heterocycles. The maximum Gasteiger partial charge on any atom is 0.253 e. The quantitative estimate of drug-likeness (QED) is 0.859. The molecule has 0 aromatic heterocycles. The maximum absolute atomic E-state index is 12.6. The number of piperidine rings is 1. The van der Waals surface area contributed by atoms with Crippen LogP contribution in [0.5, 0.6) is 0 Å². The Morgan fingerprint density at radius 1 is 1.17 bits per heavy atom. The summed E-state index contributed by atoms with van der Waals surface area (Å²) in [6.07, 6.45) is 3.51. The number of hydrogen-bond donors (Lipinski definition) is 0. The zero-order valence-electron chi connectivity index (χ0n) is 14.4. The predicted molar refractivity (Wildman–Crippen MR) is 91.5 cm³/mol. The van der Waals surface area contributed by atoms with Crippen LogP contribution in [0.4, 0.5) is 0 Å². The van der Waals surface area contributed by atoms with Gasteiger partial charge in [-0.05, 0) is 50.8 Å². The van der Waals surface area contributed by atoms with Crippen LogP contribution in [0, 0.1) is 0 Å². The van der Waals surface area contributed by atoms with Crippen LogP contribution in [0.1, 0.15) is 49.0 Å². The Morgan fingerprint density at radius 2 is 1.96 bits per heavy atom. The summed E-state index contributed by atoms with van der Waals surface area (Å²) < 4.78 is 5.77. The molecule has 2 aliphatic rings. The van der Waals surface area contributed by atoms with Crippen LogP contribution in [0.2, 0.25) is 0 Å². The first-order chi connectivity index (χ1) is 11.0. The number of carbonyl (C=O) groups excluding carboxylic acids is 1. The molecule has 0 atom stereocenters. The Bertz CT molecular complexity index is 550. The van der Waals surface area contributed by atoms with E-state index in [4.69, 9.17) is 4.74 Å². The van der Waals surface area contributed by atoms with Gasteiger partial charge in [0.15, 0.2) is 0 Å². The van der Waals surface area contributed by atoms with E-state index in [1.165, 1.54) is 12.0 Å². The normalized spacial score (nSPS) is 22.1. The second kappa shape index (κ2) is 7.02. The lowest BCUT2D eigenvalue weighted by molar-refractivity contribution is -0.0882. The minimum absolute atomic E-state index is 0.0838. The summed E-state index contributed by atoms with van der Waals surface area (Å²) in [5, 5.41) is 0. The smallest absolute Gasteiger partial charge is 0.253 e. The van der Waals surface area contributed by atoms with E-state index in [9.17, 15) is 4.79 Å². The molecule has 4 heteroatoms. The third-order valence-corrected chi connectivity index (χ3v) is 4.73. The van der Waals surface area contributed by atoms with Crippen LogP contribution in [0.3, 0.4) is 0 Å². The van der Waals surface area contributed by atoms with Gasteiger partial charge in [0.25, 0.3) is 5.91 Å². The van der Waals surface area contributed by atoms with Crippen molar-refractivity contribution in [1.82, 2.24) is 9.80 Å². The van der Waals surface area contributed by atoms with Crippen molar-refractivity contribution < 1.29 is 9.53 Å². The largest absolute Gasteiger partial charge is 0.373 e. The zero-order chi connectivity index (χ0) is 16.3. The van der Waals surface area contributed by atoms with Gasteiger partial charge in [-0.1, -0.05) is 12.1 Å². The number of nitrogens with zero attached hydrogens (tertiary/aromatic N) is 2. The number of morpholine rings is 1. The first-order valence-electron chi connectivity index (χ1n) is 8.78. The van der Waals surface area contributed by atoms with Crippen LogP contribution in [-0.2, 0) is 11.3 Å². The van der Waals surface area contributed by atoms with Gasteiger partial charge >= 0.3 is 0 Å². The Morgan fingerprint density at radius 3 is 2.70 bits per heavy atom. The van der Waals surface area contributed by atoms with Gasteiger partial charge in [-0.25, -0.2) is 0 Å². The second-order valence-corrected chi connectivity index (χ2v) is 7.37. The van der Waals surface area contributed by atoms with Crippen molar-refractivity contribution in [3.05, 3.63) is 35.4 Å². The van der Waals surface area contributed by atoms with Crippen molar-refractivity contribution in [2.24, 2.45) is 0 Å². The van der Waals surface area contributed by atoms with Gasteiger partial charge in [-0.2, -0.15) is 0 Å². The molecule has 2 fully saturated rings. The number of rotatable bonds is 3. The molecule has 0 saturated carbocycles. The summed E-state index contributed by atoms with van der Waals surface area (Å²) in [5.74, 6) is 0.189. The predicted octanol–water partition coefficient (Wildman–Crippen LogP) is 2.92. The summed E-state index contributed by atoms with van der Waals surface area (Å²) in [5.41, 5.74) is 1.96. The number of ether oxygens (including phenoxy) is 1. The molecule has 0 unspecified atom stereocenters. The van der Waals surface area contributed by atoms with E-state index in [1.807, 2.05) is 17.0 Å². The highest BCUT2D eigenvalue weighted by atomic mass is 16.5. The van der Waals surface area contributed by atoms with Crippen molar-refractivity contribution >= 4 is 5.91 Å². The van der Waals surface area contributed by atoms with Gasteiger partial charge in [0.05, 0.1) is 12.2 Å². The molecule has 3 rings (SSSR count). The van der Waals surface area contributed by atoms with Crippen molar-refractivity contribution in [1.29, 1.82) is 0 Å². The minimum atomic E-state index is -0.0838. The molecule has 0 spiro atoms. The van der Waals surface area contributed by atoms with Crippen LogP contribution in [-0.4, -0.2) is 54.1 Å². The van der Waals surface area contributed by atoms with Crippen molar-refractivity contribution in [2.75, 3.05) is 32.8 Å². The molecule has 1 aromatic carbocycles. The molecule has 1 amide bonds. The molecule has 0 radical (unpaired) electrons. The fraction of sp³-hybridized carbons (Fsp3) is 0.632. The highest BCUT2D eigenvalue weighted by Gasteiger charge is 2.27. The molecular formula is C19H28N2O2. The van der Waals surface area contributed by atoms with E-state index in [0.717, 1.165) is 57.7 Å². The summed E-state index contributed by atoms with van der Waals surface area (Å²) >= 11 is 0. The summed E-state index contributed by atoms with van der Waals surface area (Å²) in [6, 6.07) is 8.15. The minimum Gasteiger partial charge on any atom is -0.373 e. The van der Waals surface area contributed by atoms with Gasteiger partial charge in [-0.15, -0.1) is 0 Å². The molecule has 1 aromatic rings. The molecule has 23 heavy (non-hydrogen) atoms. The van der Waals surface area contributed by atoms with Gasteiger partial charge in [0, 0.05) is 38.3 Å². The maximum atomic E-state index is 12.6. The molecular weight excluding hydrogens is 288 g/mol. The van der Waals surface area contributed by atoms with Gasteiger partial charge in [0.1, 0.15) is 0 Å². The number of amides is 1. The SMILES string of the molecule is CC1(C)CN(Cc2cccc(C(=O)N3CCCCC3)c2)CCO1. The zero-order valence-corrected chi connectivity index (χ0v) is 14.4. The molecule has 126 valence electrons. The molecule has 2 heterocycles. The molecule has 0 aliphatic carbocycles. The highest BCUT2D eigenvalue weighted by molar-refractivity contribution is 5.94. The first kappa shape index (κ1) is 16.5. The Hall–Kier alpha value is -1.39. The van der Waals surface area contributed by atoms with Gasteiger partial charge < -0.3 is 9.64 Å².